The van der Waals surface area contributed by atoms with Crippen LogP contribution in [0.1, 0.15) is 92.1 Å². The Kier molecular flexibility index (Phi) is 11.6. The van der Waals surface area contributed by atoms with Crippen LogP contribution in [0, 0.1) is 5.92 Å². The van der Waals surface area contributed by atoms with E-state index in [1.165, 1.54) is 0 Å². The van der Waals surface area contributed by atoms with Crippen molar-refractivity contribution in [2.75, 3.05) is 13.7 Å². The maximum absolute atomic E-state index is 13.6. The third kappa shape index (κ3) is 8.76. The van der Waals surface area contributed by atoms with Crippen LogP contribution in [0.25, 0.3) is 11.2 Å². The molecule has 0 spiro atoms. The van der Waals surface area contributed by atoms with E-state index in [0.29, 0.717) is 24.3 Å². The van der Waals surface area contributed by atoms with E-state index in [9.17, 15) is 4.79 Å². The molecule has 0 unspecified atom stereocenters. The Morgan fingerprint density at radius 1 is 0.830 bits per heavy atom. The van der Waals surface area contributed by atoms with Gasteiger partial charge >= 0.3 is 0 Å². The van der Waals surface area contributed by atoms with Crippen LogP contribution in [0.3, 0.4) is 0 Å². The first-order chi connectivity index (χ1) is 24.3. The van der Waals surface area contributed by atoms with Gasteiger partial charge in [0.2, 0.25) is 5.91 Å². The zero-order valence-electron chi connectivity index (χ0n) is 35.4. The maximum atomic E-state index is 13.6. The number of nitrogens with zero attached hydrogens (tertiary/aromatic N) is 5. The molecule has 2 aromatic heterocycles. The first kappa shape index (κ1) is 41.9. The van der Waals surface area contributed by atoms with Crippen molar-refractivity contribution in [3.63, 3.8) is 0 Å². The molecule has 0 radical (unpaired) electrons. The molecule has 2 aliphatic rings. The van der Waals surface area contributed by atoms with Crippen LogP contribution < -0.4 is 0 Å². The van der Waals surface area contributed by atoms with Crippen LogP contribution in [0.5, 0.6) is 0 Å². The molecule has 13 heteroatoms. The van der Waals surface area contributed by atoms with Gasteiger partial charge in [-0.2, -0.15) is 0 Å². The molecule has 53 heavy (non-hydrogen) atoms. The number of ether oxygens (including phenoxy) is 1. The van der Waals surface area contributed by atoms with E-state index in [1.54, 1.807) is 6.33 Å². The highest BCUT2D eigenvalue weighted by molar-refractivity contribution is 6.75. The van der Waals surface area contributed by atoms with Crippen LogP contribution >= 0.6 is 0 Å². The van der Waals surface area contributed by atoms with Gasteiger partial charge in [0.1, 0.15) is 30.2 Å². The molecule has 1 aliphatic heterocycles. The highest BCUT2D eigenvalue weighted by Crippen LogP contribution is 2.50. The molecule has 10 nitrogen and oxygen atoms in total. The predicted molar refractivity (Wildman–Crippen MR) is 220 cm³/mol. The van der Waals surface area contributed by atoms with Crippen molar-refractivity contribution in [3.05, 3.63) is 54.2 Å². The van der Waals surface area contributed by atoms with Gasteiger partial charge in [-0.1, -0.05) is 92.6 Å². The average Bonchev–Trinajstić information content (AvgIpc) is 3.61. The molecule has 3 aromatic rings. The summed E-state index contributed by atoms with van der Waals surface area (Å²) in [6, 6.07) is 10.1. The predicted octanol–water partition coefficient (Wildman–Crippen LogP) is 9.29. The number of aromatic nitrogens is 4. The summed E-state index contributed by atoms with van der Waals surface area (Å²) in [4.78, 5) is 29.8. The van der Waals surface area contributed by atoms with Gasteiger partial charge in [0.15, 0.2) is 36.8 Å². The summed E-state index contributed by atoms with van der Waals surface area (Å²) in [6.07, 6.45) is 2.47. The molecule has 5 rings (SSSR count). The van der Waals surface area contributed by atoms with Crippen LogP contribution in [0.2, 0.25) is 54.4 Å². The highest BCUT2D eigenvalue weighted by atomic mass is 28.4. The van der Waals surface area contributed by atoms with E-state index in [4.69, 9.17) is 33.0 Å². The Labute approximate surface area is 322 Å². The second-order valence-corrected chi connectivity index (χ2v) is 34.4. The number of benzene rings is 1. The second kappa shape index (κ2) is 14.7. The molecule has 1 aliphatic carbocycles. The lowest BCUT2D eigenvalue weighted by molar-refractivity contribution is -0.131. The number of fused-ring (bicyclic) bond motifs is 1. The number of hydrogen-bond acceptors (Lipinski definition) is 8. The zero-order valence-corrected chi connectivity index (χ0v) is 38.4. The average molecular weight is 782 g/mol. The Morgan fingerprint density at radius 2 is 1.40 bits per heavy atom. The molecule has 1 amide bonds. The summed E-state index contributed by atoms with van der Waals surface area (Å²) in [7, 11) is -4.87. The standard InChI is InChI=1S/C40H67N5O5Si3/c1-38(2,3)51(11,12)47-24-30-33(49-52(13,14)39(4,5)6)34(50-53(15,16)40(7,8)9)37(48-30)45-26-43-32-31(41-25-42-35(32)45)28-22-29(28)36(46)44(10)23-27-20-18-17-19-21-27/h17-21,25-26,28-30,33-34,37H,22-24H2,1-16H3/t28-,29-,30+,33+,34+,37+/m0/s1. The van der Waals surface area contributed by atoms with Crippen LogP contribution in [0.15, 0.2) is 43.0 Å². The lowest BCUT2D eigenvalue weighted by Gasteiger charge is -2.44. The van der Waals surface area contributed by atoms with E-state index < -0.39 is 37.3 Å². The van der Waals surface area contributed by atoms with Gasteiger partial charge in [0, 0.05) is 25.4 Å². The molecule has 0 bridgehead atoms. The summed E-state index contributed by atoms with van der Waals surface area (Å²) < 4.78 is 30.8. The summed E-state index contributed by atoms with van der Waals surface area (Å²) >= 11 is 0. The van der Waals surface area contributed by atoms with Crippen molar-refractivity contribution in [1.29, 1.82) is 0 Å². The Bertz CT molecular complexity index is 1740. The fraction of sp³-hybridized carbons (Fsp3) is 0.700. The molecule has 2 fully saturated rings. The van der Waals surface area contributed by atoms with Crippen molar-refractivity contribution < 1.29 is 22.8 Å². The zero-order chi connectivity index (χ0) is 39.5. The number of imidazole rings is 1. The van der Waals surface area contributed by atoms with Crippen molar-refractivity contribution >= 4 is 42.0 Å². The van der Waals surface area contributed by atoms with Crippen molar-refractivity contribution in [2.45, 2.75) is 160 Å². The summed E-state index contributed by atoms with van der Waals surface area (Å²) in [6.45, 7) is 35.1. The smallest absolute Gasteiger partial charge is 0.226 e. The minimum atomic E-state index is -2.34. The lowest BCUT2D eigenvalue weighted by Crippen LogP contribution is -2.54. The summed E-state index contributed by atoms with van der Waals surface area (Å²) in [5, 5.41) is -0.0128. The van der Waals surface area contributed by atoms with Crippen LogP contribution in [-0.4, -0.2) is 87.2 Å². The third-order valence-corrected chi connectivity index (χ3v) is 26.4. The van der Waals surface area contributed by atoms with E-state index >= 15 is 0 Å². The topological polar surface area (TPSA) is 101 Å². The molecule has 0 N–H and O–H groups in total. The Hall–Kier alpha value is -2.27. The fourth-order valence-corrected chi connectivity index (χ4v) is 9.81. The number of amides is 1. The summed E-state index contributed by atoms with van der Waals surface area (Å²) in [5.41, 5.74) is 3.30. The normalized spacial score (nSPS) is 24.5. The number of rotatable bonds is 12. The van der Waals surface area contributed by atoms with E-state index in [0.717, 1.165) is 17.7 Å². The van der Waals surface area contributed by atoms with Gasteiger partial charge in [0.25, 0.3) is 0 Å². The minimum absolute atomic E-state index is 0.0150. The second-order valence-electron chi connectivity index (χ2n) is 20.0. The van der Waals surface area contributed by atoms with Gasteiger partial charge in [0.05, 0.1) is 18.6 Å². The van der Waals surface area contributed by atoms with Gasteiger partial charge < -0.3 is 22.9 Å². The monoisotopic (exact) mass is 781 g/mol. The number of carbonyl (C=O) groups excluding carboxylic acids is 1. The lowest BCUT2D eigenvalue weighted by atomic mass is 10.1. The molecule has 294 valence electrons. The first-order valence-electron chi connectivity index (χ1n) is 19.4. The number of hydrogen-bond donors (Lipinski definition) is 0. The molecule has 3 heterocycles. The highest BCUT2D eigenvalue weighted by Gasteiger charge is 2.55. The molecule has 1 saturated carbocycles. The first-order valence-corrected chi connectivity index (χ1v) is 28.1. The number of carbonyl (C=O) groups is 1. The minimum Gasteiger partial charge on any atom is -0.414 e. The van der Waals surface area contributed by atoms with E-state index in [2.05, 4.69) is 102 Å². The maximum Gasteiger partial charge on any atom is 0.226 e. The van der Waals surface area contributed by atoms with Gasteiger partial charge in [-0.15, -0.1) is 0 Å². The van der Waals surface area contributed by atoms with Crippen LogP contribution in [-0.2, 0) is 29.4 Å². The SMILES string of the molecule is CN(Cc1ccccc1)C(=O)[C@H]1C[C@@H]1c1ncnc2c1ncn2[C@@H]1O[C@H](CO[Si](C)(C)C(C)(C)C)[C@@H](O[Si](C)(C)C(C)(C)C)[C@H]1O[Si](C)(C)C(C)(C)C. The fourth-order valence-electron chi connectivity index (χ4n) is 6.19. The Balaban J connectivity index is 1.51. The molecule has 1 aromatic carbocycles. The Morgan fingerprint density at radius 3 is 1.96 bits per heavy atom. The van der Waals surface area contributed by atoms with Gasteiger partial charge in [-0.3, -0.25) is 9.36 Å². The molecule has 6 atom stereocenters. The van der Waals surface area contributed by atoms with Crippen molar-refractivity contribution in [2.24, 2.45) is 5.92 Å². The van der Waals surface area contributed by atoms with Crippen molar-refractivity contribution in [3.8, 4) is 0 Å². The third-order valence-electron chi connectivity index (χ3n) is 12.9. The largest absolute Gasteiger partial charge is 0.414 e. The molecular weight excluding hydrogens is 715 g/mol. The molecular formula is C40H67N5O5Si3. The van der Waals surface area contributed by atoms with Crippen LogP contribution in [0.4, 0.5) is 0 Å². The van der Waals surface area contributed by atoms with Gasteiger partial charge in [-0.25, -0.2) is 15.0 Å². The molecule has 1 saturated heterocycles. The summed E-state index contributed by atoms with van der Waals surface area (Å²) in [5.74, 6) is -0.0236. The van der Waals surface area contributed by atoms with E-state index in [1.807, 2.05) is 53.2 Å². The van der Waals surface area contributed by atoms with Crippen molar-refractivity contribution in [1.82, 2.24) is 24.4 Å². The van der Waals surface area contributed by atoms with E-state index in [-0.39, 0.29) is 45.1 Å². The quantitative estimate of drug-likeness (QED) is 0.168. The van der Waals surface area contributed by atoms with Gasteiger partial charge in [-0.05, 0) is 66.4 Å².